The van der Waals surface area contributed by atoms with Crippen molar-refractivity contribution in [3.05, 3.63) is 52.8 Å². The fourth-order valence-electron chi connectivity index (χ4n) is 1.72. The van der Waals surface area contributed by atoms with Gasteiger partial charge in [0.1, 0.15) is 0 Å². The number of H-pyrrole nitrogens is 1. The lowest BCUT2D eigenvalue weighted by Crippen LogP contribution is -2.13. The molecule has 0 aliphatic rings. The van der Waals surface area contributed by atoms with Crippen molar-refractivity contribution < 1.29 is 0 Å². The van der Waals surface area contributed by atoms with Crippen molar-refractivity contribution >= 4 is 0 Å². The summed E-state index contributed by atoms with van der Waals surface area (Å²) in [5.74, 6) is 0. The van der Waals surface area contributed by atoms with E-state index in [0.717, 1.165) is 13.1 Å². The van der Waals surface area contributed by atoms with Gasteiger partial charge in [-0.2, -0.15) is 5.10 Å². The van der Waals surface area contributed by atoms with Crippen LogP contribution in [-0.2, 0) is 13.1 Å². The minimum atomic E-state index is 0.851. The van der Waals surface area contributed by atoms with E-state index in [1.807, 2.05) is 12.4 Å². The normalized spacial score (nSPS) is 10.6. The van der Waals surface area contributed by atoms with Gasteiger partial charge in [0.05, 0.1) is 6.20 Å². The van der Waals surface area contributed by atoms with E-state index in [1.165, 1.54) is 22.3 Å². The molecule has 0 bridgehead atoms. The van der Waals surface area contributed by atoms with Crippen molar-refractivity contribution in [2.45, 2.75) is 26.9 Å². The summed E-state index contributed by atoms with van der Waals surface area (Å²) < 4.78 is 0. The molecule has 2 aromatic rings. The Hall–Kier alpha value is -1.61. The van der Waals surface area contributed by atoms with Gasteiger partial charge in [-0.25, -0.2) is 0 Å². The van der Waals surface area contributed by atoms with Crippen molar-refractivity contribution in [1.29, 1.82) is 0 Å². The van der Waals surface area contributed by atoms with Gasteiger partial charge < -0.3 is 5.32 Å². The minimum Gasteiger partial charge on any atom is -0.308 e. The second kappa shape index (κ2) is 4.94. The SMILES string of the molecule is Cc1cccc(CNCc2cn[nH]c2)c1C. The lowest BCUT2D eigenvalue weighted by atomic mass is 10.0. The predicted molar refractivity (Wildman–Crippen MR) is 65.0 cm³/mol. The molecule has 0 unspecified atom stereocenters. The molecular weight excluding hydrogens is 198 g/mol. The molecule has 0 saturated carbocycles. The number of nitrogens with one attached hydrogen (secondary N) is 2. The molecular formula is C13H17N3. The van der Waals surface area contributed by atoms with Crippen molar-refractivity contribution in [3.8, 4) is 0 Å². The molecule has 0 radical (unpaired) electrons. The quantitative estimate of drug-likeness (QED) is 0.821. The highest BCUT2D eigenvalue weighted by atomic mass is 15.1. The molecule has 0 amide bonds. The Bertz CT molecular complexity index is 446. The third kappa shape index (κ3) is 2.49. The third-order valence-electron chi connectivity index (χ3n) is 2.92. The molecule has 3 nitrogen and oxygen atoms in total. The molecule has 1 aromatic carbocycles. The van der Waals surface area contributed by atoms with Gasteiger partial charge >= 0.3 is 0 Å². The highest BCUT2D eigenvalue weighted by Gasteiger charge is 2.00. The van der Waals surface area contributed by atoms with Crippen LogP contribution >= 0.6 is 0 Å². The van der Waals surface area contributed by atoms with Crippen LogP contribution in [0, 0.1) is 13.8 Å². The summed E-state index contributed by atoms with van der Waals surface area (Å²) >= 11 is 0. The molecule has 3 heteroatoms. The number of aromatic amines is 1. The van der Waals surface area contributed by atoms with Gasteiger partial charge in [0.2, 0.25) is 0 Å². The van der Waals surface area contributed by atoms with Crippen molar-refractivity contribution in [2.24, 2.45) is 0 Å². The standard InChI is InChI=1S/C13H17N3/c1-10-4-3-5-13(11(10)2)9-14-6-12-7-15-16-8-12/h3-5,7-8,14H,6,9H2,1-2H3,(H,15,16). The Balaban J connectivity index is 1.92. The minimum absolute atomic E-state index is 0.851. The number of aryl methyl sites for hydroxylation is 1. The van der Waals surface area contributed by atoms with Crippen LogP contribution in [0.1, 0.15) is 22.3 Å². The number of nitrogens with zero attached hydrogens (tertiary/aromatic N) is 1. The van der Waals surface area contributed by atoms with Crippen molar-refractivity contribution in [3.63, 3.8) is 0 Å². The predicted octanol–water partition coefficient (Wildman–Crippen LogP) is 2.32. The zero-order valence-corrected chi connectivity index (χ0v) is 9.75. The molecule has 1 heterocycles. The second-order valence-electron chi connectivity index (χ2n) is 4.07. The summed E-state index contributed by atoms with van der Waals surface area (Å²) in [4.78, 5) is 0. The number of hydrogen-bond donors (Lipinski definition) is 2. The first kappa shape index (κ1) is 10.9. The average molecular weight is 215 g/mol. The average Bonchev–Trinajstić information content (AvgIpc) is 2.77. The van der Waals surface area contributed by atoms with Crippen molar-refractivity contribution in [1.82, 2.24) is 15.5 Å². The molecule has 0 aliphatic carbocycles. The monoisotopic (exact) mass is 215 g/mol. The van der Waals surface area contributed by atoms with E-state index in [1.54, 1.807) is 0 Å². The second-order valence-corrected chi connectivity index (χ2v) is 4.07. The van der Waals surface area contributed by atoms with Crippen LogP contribution in [0.25, 0.3) is 0 Å². The van der Waals surface area contributed by atoms with E-state index < -0.39 is 0 Å². The maximum atomic E-state index is 3.91. The van der Waals surface area contributed by atoms with E-state index in [-0.39, 0.29) is 0 Å². The molecule has 0 spiro atoms. The molecule has 2 N–H and O–H groups in total. The molecule has 0 fully saturated rings. The molecule has 0 aliphatic heterocycles. The highest BCUT2D eigenvalue weighted by Crippen LogP contribution is 2.12. The Morgan fingerprint density at radius 2 is 2.12 bits per heavy atom. The Morgan fingerprint density at radius 1 is 1.25 bits per heavy atom. The molecule has 1 aromatic heterocycles. The summed E-state index contributed by atoms with van der Waals surface area (Å²) in [6.45, 7) is 6.07. The molecule has 0 saturated heterocycles. The first-order valence-corrected chi connectivity index (χ1v) is 5.51. The molecule has 16 heavy (non-hydrogen) atoms. The summed E-state index contributed by atoms with van der Waals surface area (Å²) in [6.07, 6.45) is 3.76. The maximum Gasteiger partial charge on any atom is 0.0532 e. The zero-order chi connectivity index (χ0) is 11.4. The fraction of sp³-hybridized carbons (Fsp3) is 0.308. The van der Waals surface area contributed by atoms with E-state index in [2.05, 4.69) is 47.6 Å². The van der Waals surface area contributed by atoms with E-state index in [9.17, 15) is 0 Å². The topological polar surface area (TPSA) is 40.7 Å². The van der Waals surface area contributed by atoms with Crippen LogP contribution in [0.15, 0.2) is 30.6 Å². The summed E-state index contributed by atoms with van der Waals surface area (Å²) in [5.41, 5.74) is 5.28. The molecule has 0 atom stereocenters. The largest absolute Gasteiger partial charge is 0.308 e. The van der Waals surface area contributed by atoms with Gasteiger partial charge in [-0.3, -0.25) is 5.10 Å². The maximum absolute atomic E-state index is 3.91. The van der Waals surface area contributed by atoms with Gasteiger partial charge in [0, 0.05) is 24.8 Å². The number of benzene rings is 1. The van der Waals surface area contributed by atoms with Gasteiger partial charge in [-0.05, 0) is 30.5 Å². The van der Waals surface area contributed by atoms with Crippen LogP contribution in [0.2, 0.25) is 0 Å². The number of rotatable bonds is 4. The van der Waals surface area contributed by atoms with Gasteiger partial charge in [0.25, 0.3) is 0 Å². The lowest BCUT2D eigenvalue weighted by molar-refractivity contribution is 0.690. The van der Waals surface area contributed by atoms with Crippen LogP contribution in [-0.4, -0.2) is 10.2 Å². The van der Waals surface area contributed by atoms with E-state index >= 15 is 0 Å². The van der Waals surface area contributed by atoms with Crippen molar-refractivity contribution in [2.75, 3.05) is 0 Å². The molecule has 84 valence electrons. The molecule has 2 rings (SSSR count). The first-order chi connectivity index (χ1) is 7.77. The van der Waals surface area contributed by atoms with Gasteiger partial charge in [-0.15, -0.1) is 0 Å². The van der Waals surface area contributed by atoms with Gasteiger partial charge in [-0.1, -0.05) is 18.2 Å². The van der Waals surface area contributed by atoms with E-state index in [4.69, 9.17) is 0 Å². The lowest BCUT2D eigenvalue weighted by Gasteiger charge is -2.09. The highest BCUT2D eigenvalue weighted by molar-refractivity contribution is 5.32. The van der Waals surface area contributed by atoms with Crippen LogP contribution < -0.4 is 5.32 Å². The zero-order valence-electron chi connectivity index (χ0n) is 9.75. The Kier molecular flexibility index (Phi) is 3.37. The number of aromatic nitrogens is 2. The van der Waals surface area contributed by atoms with Crippen LogP contribution in [0.5, 0.6) is 0 Å². The third-order valence-corrected chi connectivity index (χ3v) is 2.92. The summed E-state index contributed by atoms with van der Waals surface area (Å²) in [6, 6.07) is 6.43. The fourth-order valence-corrected chi connectivity index (χ4v) is 1.72. The summed E-state index contributed by atoms with van der Waals surface area (Å²) in [7, 11) is 0. The Labute approximate surface area is 95.9 Å². The number of hydrogen-bond acceptors (Lipinski definition) is 2. The Morgan fingerprint density at radius 3 is 2.88 bits per heavy atom. The van der Waals surface area contributed by atoms with E-state index in [0.29, 0.717) is 0 Å². The smallest absolute Gasteiger partial charge is 0.0532 e. The first-order valence-electron chi connectivity index (χ1n) is 5.51. The van der Waals surface area contributed by atoms with Crippen LogP contribution in [0.3, 0.4) is 0 Å². The van der Waals surface area contributed by atoms with Gasteiger partial charge in [0.15, 0.2) is 0 Å². The summed E-state index contributed by atoms with van der Waals surface area (Å²) in [5, 5.41) is 10.1. The van der Waals surface area contributed by atoms with Crippen LogP contribution in [0.4, 0.5) is 0 Å².